The summed E-state index contributed by atoms with van der Waals surface area (Å²) in [5.74, 6) is 0.880. The lowest BCUT2D eigenvalue weighted by Crippen LogP contribution is -2.40. The number of benzene rings is 1. The van der Waals surface area contributed by atoms with Gasteiger partial charge in [0, 0.05) is 26.6 Å². The molecule has 7 heteroatoms. The summed E-state index contributed by atoms with van der Waals surface area (Å²) in [4.78, 5) is 14.4. The highest BCUT2D eigenvalue weighted by Gasteiger charge is 2.22. The molecule has 0 unspecified atom stereocenters. The van der Waals surface area contributed by atoms with Gasteiger partial charge in [-0.2, -0.15) is 0 Å². The van der Waals surface area contributed by atoms with Crippen LogP contribution in [0.25, 0.3) is 11.5 Å². The molecule has 1 N–H and O–H groups in total. The van der Waals surface area contributed by atoms with E-state index in [9.17, 15) is 4.79 Å². The SMILES string of the molecule is CCN(C[C@@H]1CCCO1)C(=O)Nc1ccccc1-c1nnc(C)o1. The molecule has 1 saturated heterocycles. The van der Waals surface area contributed by atoms with E-state index in [0.29, 0.717) is 36.1 Å². The van der Waals surface area contributed by atoms with Gasteiger partial charge in [0.15, 0.2) is 0 Å². The maximum absolute atomic E-state index is 12.6. The Hall–Kier alpha value is -2.41. The zero-order valence-corrected chi connectivity index (χ0v) is 14.0. The number of nitrogens with one attached hydrogen (secondary N) is 1. The first-order chi connectivity index (χ1) is 11.7. The van der Waals surface area contributed by atoms with E-state index in [1.165, 1.54) is 0 Å². The Balaban J connectivity index is 1.73. The monoisotopic (exact) mass is 330 g/mol. The van der Waals surface area contributed by atoms with Crippen LogP contribution < -0.4 is 5.32 Å². The van der Waals surface area contributed by atoms with Gasteiger partial charge >= 0.3 is 6.03 Å². The second-order valence-corrected chi connectivity index (χ2v) is 5.78. The maximum atomic E-state index is 12.6. The van der Waals surface area contributed by atoms with Gasteiger partial charge in [0.1, 0.15) is 0 Å². The van der Waals surface area contributed by atoms with Crippen LogP contribution in [0.3, 0.4) is 0 Å². The Morgan fingerprint density at radius 1 is 1.38 bits per heavy atom. The summed E-state index contributed by atoms with van der Waals surface area (Å²) in [6, 6.07) is 7.25. The van der Waals surface area contributed by atoms with Crippen molar-refractivity contribution < 1.29 is 13.9 Å². The van der Waals surface area contributed by atoms with Crippen LogP contribution in [0.5, 0.6) is 0 Å². The van der Waals surface area contributed by atoms with E-state index in [2.05, 4.69) is 15.5 Å². The van der Waals surface area contributed by atoms with Crippen molar-refractivity contribution in [1.29, 1.82) is 0 Å². The fraction of sp³-hybridized carbons (Fsp3) is 0.471. The molecule has 0 saturated carbocycles. The van der Waals surface area contributed by atoms with Gasteiger partial charge < -0.3 is 19.4 Å². The Morgan fingerprint density at radius 3 is 2.88 bits per heavy atom. The average molecular weight is 330 g/mol. The third-order valence-electron chi connectivity index (χ3n) is 4.04. The molecule has 0 radical (unpaired) electrons. The van der Waals surface area contributed by atoms with E-state index < -0.39 is 0 Å². The largest absolute Gasteiger partial charge is 0.421 e. The van der Waals surface area contributed by atoms with E-state index in [0.717, 1.165) is 19.4 Å². The van der Waals surface area contributed by atoms with Crippen LogP contribution in [0.2, 0.25) is 0 Å². The van der Waals surface area contributed by atoms with Crippen LogP contribution in [-0.2, 0) is 4.74 Å². The number of aromatic nitrogens is 2. The summed E-state index contributed by atoms with van der Waals surface area (Å²) in [7, 11) is 0. The molecule has 1 aromatic carbocycles. The van der Waals surface area contributed by atoms with Crippen molar-refractivity contribution in [2.24, 2.45) is 0 Å². The lowest BCUT2D eigenvalue weighted by Gasteiger charge is -2.24. The summed E-state index contributed by atoms with van der Waals surface area (Å²) in [6.07, 6.45) is 2.19. The first kappa shape index (κ1) is 16.4. The number of ether oxygens (including phenoxy) is 1. The minimum Gasteiger partial charge on any atom is -0.421 e. The molecule has 2 aromatic rings. The van der Waals surface area contributed by atoms with E-state index in [1.54, 1.807) is 11.8 Å². The molecule has 128 valence electrons. The molecule has 1 aliphatic heterocycles. The fourth-order valence-corrected chi connectivity index (χ4v) is 2.77. The maximum Gasteiger partial charge on any atom is 0.321 e. The number of hydrogen-bond donors (Lipinski definition) is 1. The minimum atomic E-state index is -0.156. The van der Waals surface area contributed by atoms with Gasteiger partial charge in [0.2, 0.25) is 11.8 Å². The Labute approximate surface area is 141 Å². The smallest absolute Gasteiger partial charge is 0.321 e. The highest BCUT2D eigenvalue weighted by molar-refractivity contribution is 5.93. The van der Waals surface area contributed by atoms with Crippen molar-refractivity contribution >= 4 is 11.7 Å². The van der Waals surface area contributed by atoms with Gasteiger partial charge in [-0.05, 0) is 31.9 Å². The van der Waals surface area contributed by atoms with Crippen LogP contribution >= 0.6 is 0 Å². The van der Waals surface area contributed by atoms with E-state index in [-0.39, 0.29) is 12.1 Å². The van der Waals surface area contributed by atoms with E-state index >= 15 is 0 Å². The number of likely N-dealkylation sites (N-methyl/N-ethyl adjacent to an activating group) is 1. The standard InChI is InChI=1S/C17H22N4O3/c1-3-21(11-13-7-6-10-23-13)17(22)18-15-9-5-4-8-14(15)16-20-19-12(2)24-16/h4-5,8-9,13H,3,6-7,10-11H2,1-2H3,(H,18,22)/t13-/m0/s1. The van der Waals surface area contributed by atoms with Crippen molar-refractivity contribution in [1.82, 2.24) is 15.1 Å². The van der Waals surface area contributed by atoms with Crippen LogP contribution in [0.15, 0.2) is 28.7 Å². The number of carbonyl (C=O) groups excluding carboxylic acids is 1. The number of carbonyl (C=O) groups is 1. The third kappa shape index (κ3) is 3.73. The molecule has 0 aliphatic carbocycles. The fourth-order valence-electron chi connectivity index (χ4n) is 2.77. The van der Waals surface area contributed by atoms with Gasteiger partial charge in [0.25, 0.3) is 0 Å². The second kappa shape index (κ2) is 7.44. The number of amides is 2. The zero-order chi connectivity index (χ0) is 16.9. The molecule has 0 spiro atoms. The highest BCUT2D eigenvalue weighted by Crippen LogP contribution is 2.27. The predicted molar refractivity (Wildman–Crippen MR) is 89.7 cm³/mol. The quantitative estimate of drug-likeness (QED) is 0.911. The molecular weight excluding hydrogens is 308 g/mol. The van der Waals surface area contributed by atoms with Gasteiger partial charge in [-0.1, -0.05) is 12.1 Å². The van der Waals surface area contributed by atoms with E-state index in [4.69, 9.17) is 9.15 Å². The molecule has 1 aromatic heterocycles. The summed E-state index contributed by atoms with van der Waals surface area (Å²) in [5, 5.41) is 10.8. The van der Waals surface area contributed by atoms with Gasteiger partial charge in [-0.25, -0.2) is 4.79 Å². The van der Waals surface area contributed by atoms with Crippen molar-refractivity contribution in [2.75, 3.05) is 25.0 Å². The van der Waals surface area contributed by atoms with Crippen molar-refractivity contribution in [3.05, 3.63) is 30.2 Å². The number of aryl methyl sites for hydroxylation is 1. The molecule has 7 nitrogen and oxygen atoms in total. The molecule has 3 rings (SSSR count). The highest BCUT2D eigenvalue weighted by atomic mass is 16.5. The Bertz CT molecular complexity index is 695. The van der Waals surface area contributed by atoms with Gasteiger partial charge in [-0.3, -0.25) is 0 Å². The first-order valence-corrected chi connectivity index (χ1v) is 8.24. The van der Waals surface area contributed by atoms with Crippen molar-refractivity contribution in [3.8, 4) is 11.5 Å². The first-order valence-electron chi connectivity index (χ1n) is 8.24. The molecule has 1 aliphatic rings. The number of para-hydroxylation sites is 1. The van der Waals surface area contributed by atoms with Gasteiger partial charge in [-0.15, -0.1) is 10.2 Å². The summed E-state index contributed by atoms with van der Waals surface area (Å²) >= 11 is 0. The number of urea groups is 1. The summed E-state index contributed by atoms with van der Waals surface area (Å²) in [5.41, 5.74) is 1.36. The van der Waals surface area contributed by atoms with E-state index in [1.807, 2.05) is 31.2 Å². The normalized spacial score (nSPS) is 17.0. The lowest BCUT2D eigenvalue weighted by atomic mass is 10.2. The van der Waals surface area contributed by atoms with Crippen LogP contribution in [-0.4, -0.2) is 46.9 Å². The molecule has 2 amide bonds. The number of nitrogens with zero attached hydrogens (tertiary/aromatic N) is 3. The molecule has 0 bridgehead atoms. The Morgan fingerprint density at radius 2 is 2.21 bits per heavy atom. The predicted octanol–water partition coefficient (Wildman–Crippen LogP) is 3.08. The van der Waals surface area contributed by atoms with Crippen LogP contribution in [0.1, 0.15) is 25.7 Å². The summed E-state index contributed by atoms with van der Waals surface area (Å²) < 4.78 is 11.1. The van der Waals surface area contributed by atoms with Gasteiger partial charge in [0.05, 0.1) is 17.4 Å². The molecule has 24 heavy (non-hydrogen) atoms. The number of anilines is 1. The lowest BCUT2D eigenvalue weighted by molar-refractivity contribution is 0.0849. The third-order valence-corrected chi connectivity index (χ3v) is 4.04. The molecule has 2 heterocycles. The second-order valence-electron chi connectivity index (χ2n) is 5.78. The topological polar surface area (TPSA) is 80.5 Å². The average Bonchev–Trinajstić information content (AvgIpc) is 3.24. The molecule has 1 atom stereocenters. The van der Waals surface area contributed by atoms with Crippen LogP contribution in [0, 0.1) is 6.92 Å². The summed E-state index contributed by atoms with van der Waals surface area (Å²) in [6.45, 7) is 5.70. The number of hydrogen-bond acceptors (Lipinski definition) is 5. The minimum absolute atomic E-state index is 0.129. The van der Waals surface area contributed by atoms with Crippen LogP contribution in [0.4, 0.5) is 10.5 Å². The van der Waals surface area contributed by atoms with Crippen molar-refractivity contribution in [2.45, 2.75) is 32.8 Å². The number of rotatable bonds is 5. The molecular formula is C17H22N4O3. The Kier molecular flexibility index (Phi) is 5.10. The molecule has 1 fully saturated rings. The zero-order valence-electron chi connectivity index (χ0n) is 14.0. The van der Waals surface area contributed by atoms with Crippen molar-refractivity contribution in [3.63, 3.8) is 0 Å².